The third kappa shape index (κ3) is 5.15. The van der Waals surface area contributed by atoms with Gasteiger partial charge in [0.1, 0.15) is 5.84 Å². The number of halogens is 1. The van der Waals surface area contributed by atoms with Gasteiger partial charge in [0, 0.05) is 11.6 Å². The minimum atomic E-state index is 0. The van der Waals surface area contributed by atoms with E-state index < -0.39 is 0 Å². The predicted octanol–water partition coefficient (Wildman–Crippen LogP) is 4.13. The van der Waals surface area contributed by atoms with Crippen LogP contribution in [0.1, 0.15) is 24.3 Å². The average molecular weight is 355 g/mol. The Morgan fingerprint density at radius 1 is 1.17 bits per heavy atom. The van der Waals surface area contributed by atoms with E-state index in [0.29, 0.717) is 12.6 Å². The molecule has 2 aromatic rings. The topological polar surface area (TPSA) is 42.8 Å². The molecule has 4 nitrogen and oxygen atoms in total. The van der Waals surface area contributed by atoms with Gasteiger partial charge in [-0.3, -0.25) is 4.99 Å². The van der Waals surface area contributed by atoms with E-state index in [0.717, 1.165) is 27.8 Å². The van der Waals surface area contributed by atoms with Crippen molar-refractivity contribution in [1.29, 1.82) is 0 Å². The molecule has 1 heterocycles. The van der Waals surface area contributed by atoms with E-state index in [9.17, 15) is 0 Å². The number of nitrogens with zero attached hydrogens (tertiary/aromatic N) is 1. The van der Waals surface area contributed by atoms with Crippen LogP contribution in [-0.4, -0.2) is 26.1 Å². The highest BCUT2D eigenvalue weighted by Gasteiger charge is 2.10. The smallest absolute Gasteiger partial charge is 0.165 e. The lowest BCUT2D eigenvalue weighted by molar-refractivity contribution is 0.352. The number of methoxy groups -OCH3 is 2. The van der Waals surface area contributed by atoms with Gasteiger partial charge in [-0.1, -0.05) is 18.2 Å². The predicted molar refractivity (Wildman–Crippen MR) is 99.6 cm³/mol. The maximum absolute atomic E-state index is 5.46. The molecule has 0 saturated carbocycles. The first-order valence-electron chi connectivity index (χ1n) is 7.20. The second-order valence-corrected chi connectivity index (χ2v) is 6.04. The molecule has 0 unspecified atom stereocenters. The molecule has 0 fully saturated rings. The maximum atomic E-state index is 5.46. The van der Waals surface area contributed by atoms with Gasteiger partial charge >= 0.3 is 0 Å². The van der Waals surface area contributed by atoms with E-state index in [1.165, 1.54) is 0 Å². The van der Waals surface area contributed by atoms with Crippen LogP contribution in [0.2, 0.25) is 0 Å². The van der Waals surface area contributed by atoms with Crippen molar-refractivity contribution in [2.45, 2.75) is 26.4 Å². The molecule has 0 spiro atoms. The third-order valence-corrected chi connectivity index (χ3v) is 3.95. The van der Waals surface area contributed by atoms with E-state index in [-0.39, 0.29) is 12.4 Å². The zero-order valence-corrected chi connectivity index (χ0v) is 15.5. The van der Waals surface area contributed by atoms with Crippen molar-refractivity contribution in [1.82, 2.24) is 5.32 Å². The first kappa shape index (κ1) is 19.3. The van der Waals surface area contributed by atoms with E-state index >= 15 is 0 Å². The van der Waals surface area contributed by atoms with Gasteiger partial charge in [-0.15, -0.1) is 23.7 Å². The number of ether oxygens (including phenoxy) is 2. The molecular formula is C17H23ClN2O2S. The molecule has 0 saturated heterocycles. The Labute approximate surface area is 148 Å². The summed E-state index contributed by atoms with van der Waals surface area (Å²) in [6.07, 6.45) is 0. The summed E-state index contributed by atoms with van der Waals surface area (Å²) in [6, 6.07) is 10.3. The number of amidine groups is 1. The number of benzene rings is 1. The van der Waals surface area contributed by atoms with Crippen molar-refractivity contribution < 1.29 is 9.47 Å². The SMILES string of the molecule is COc1cccc(CN=C(NC(C)C)c2cccs2)c1OC.Cl. The van der Waals surface area contributed by atoms with Crippen LogP contribution in [-0.2, 0) is 6.54 Å². The van der Waals surface area contributed by atoms with Crippen LogP contribution in [0.4, 0.5) is 0 Å². The first-order chi connectivity index (χ1) is 10.7. The van der Waals surface area contributed by atoms with Gasteiger partial charge < -0.3 is 14.8 Å². The number of hydrogen-bond donors (Lipinski definition) is 1. The minimum absolute atomic E-state index is 0. The fourth-order valence-corrected chi connectivity index (χ4v) is 2.82. The Morgan fingerprint density at radius 2 is 1.96 bits per heavy atom. The van der Waals surface area contributed by atoms with Crippen molar-refractivity contribution in [2.24, 2.45) is 4.99 Å². The third-order valence-electron chi connectivity index (χ3n) is 3.07. The summed E-state index contributed by atoms with van der Waals surface area (Å²) in [6.45, 7) is 4.75. The Bertz CT molecular complexity index is 628. The molecule has 0 amide bonds. The fourth-order valence-electron chi connectivity index (χ4n) is 2.12. The maximum Gasteiger partial charge on any atom is 0.165 e. The van der Waals surface area contributed by atoms with Crippen LogP contribution >= 0.6 is 23.7 Å². The lowest BCUT2D eigenvalue weighted by Gasteiger charge is -2.14. The lowest BCUT2D eigenvalue weighted by atomic mass is 10.2. The monoisotopic (exact) mass is 354 g/mol. The first-order valence-corrected chi connectivity index (χ1v) is 8.08. The van der Waals surface area contributed by atoms with Crippen molar-refractivity contribution in [3.63, 3.8) is 0 Å². The van der Waals surface area contributed by atoms with Gasteiger partial charge in [-0.05, 0) is 31.4 Å². The highest BCUT2D eigenvalue weighted by Crippen LogP contribution is 2.31. The summed E-state index contributed by atoms with van der Waals surface area (Å²) >= 11 is 1.68. The van der Waals surface area contributed by atoms with Crippen LogP contribution in [0.3, 0.4) is 0 Å². The van der Waals surface area contributed by atoms with Gasteiger partial charge in [-0.25, -0.2) is 0 Å². The minimum Gasteiger partial charge on any atom is -0.493 e. The fraction of sp³-hybridized carbons (Fsp3) is 0.353. The van der Waals surface area contributed by atoms with Crippen molar-refractivity contribution in [2.75, 3.05) is 14.2 Å². The summed E-state index contributed by atoms with van der Waals surface area (Å²) in [5.74, 6) is 2.38. The van der Waals surface area contributed by atoms with Gasteiger partial charge in [0.25, 0.3) is 0 Å². The Hall–Kier alpha value is -1.72. The molecule has 0 bridgehead atoms. The molecule has 1 aromatic heterocycles. The lowest BCUT2D eigenvalue weighted by Crippen LogP contribution is -2.30. The van der Waals surface area contributed by atoms with Crippen LogP contribution in [0.25, 0.3) is 0 Å². The molecule has 0 aliphatic heterocycles. The van der Waals surface area contributed by atoms with Gasteiger partial charge in [0.2, 0.25) is 0 Å². The quantitative estimate of drug-likeness (QED) is 0.626. The van der Waals surface area contributed by atoms with Crippen LogP contribution in [0.5, 0.6) is 11.5 Å². The standard InChI is InChI=1S/C17H22N2O2S.ClH/c1-12(2)19-17(15-9-6-10-22-15)18-11-13-7-5-8-14(20-3)16(13)21-4;/h5-10,12H,11H2,1-4H3,(H,18,19);1H. The van der Waals surface area contributed by atoms with Crippen molar-refractivity contribution in [3.05, 3.63) is 46.2 Å². The molecule has 1 N–H and O–H groups in total. The molecule has 0 aliphatic carbocycles. The van der Waals surface area contributed by atoms with E-state index in [1.807, 2.05) is 24.3 Å². The summed E-state index contributed by atoms with van der Waals surface area (Å²) in [7, 11) is 3.29. The summed E-state index contributed by atoms with van der Waals surface area (Å²) < 4.78 is 10.8. The number of nitrogens with one attached hydrogen (secondary N) is 1. The largest absolute Gasteiger partial charge is 0.493 e. The van der Waals surface area contributed by atoms with E-state index in [4.69, 9.17) is 14.5 Å². The van der Waals surface area contributed by atoms with E-state index in [1.54, 1.807) is 25.6 Å². The Morgan fingerprint density at radius 3 is 2.52 bits per heavy atom. The van der Waals surface area contributed by atoms with E-state index in [2.05, 4.69) is 30.6 Å². The zero-order valence-electron chi connectivity index (χ0n) is 13.8. The van der Waals surface area contributed by atoms with Crippen LogP contribution in [0.15, 0.2) is 40.7 Å². The number of para-hydroxylation sites is 1. The number of rotatable bonds is 6. The number of hydrogen-bond acceptors (Lipinski definition) is 4. The second kappa shape index (κ2) is 9.43. The van der Waals surface area contributed by atoms with Crippen LogP contribution < -0.4 is 14.8 Å². The van der Waals surface area contributed by atoms with Crippen molar-refractivity contribution in [3.8, 4) is 11.5 Å². The molecule has 2 rings (SSSR count). The average Bonchev–Trinajstić information content (AvgIpc) is 3.04. The highest BCUT2D eigenvalue weighted by molar-refractivity contribution is 7.12. The molecule has 0 radical (unpaired) electrons. The number of thiophene rings is 1. The molecule has 0 atom stereocenters. The molecular weight excluding hydrogens is 332 g/mol. The Kier molecular flexibility index (Phi) is 7.92. The van der Waals surface area contributed by atoms with Gasteiger partial charge in [0.05, 0.1) is 25.6 Å². The normalized spacial score (nSPS) is 11.1. The molecule has 126 valence electrons. The molecule has 1 aromatic carbocycles. The van der Waals surface area contributed by atoms with Crippen LogP contribution in [0, 0.1) is 0 Å². The number of aliphatic imine (C=N–C) groups is 1. The highest BCUT2D eigenvalue weighted by atomic mass is 35.5. The van der Waals surface area contributed by atoms with Gasteiger partial charge in [-0.2, -0.15) is 0 Å². The molecule has 6 heteroatoms. The summed E-state index contributed by atoms with van der Waals surface area (Å²) in [5.41, 5.74) is 1.00. The summed E-state index contributed by atoms with van der Waals surface area (Å²) in [4.78, 5) is 5.88. The van der Waals surface area contributed by atoms with Crippen molar-refractivity contribution >= 4 is 29.6 Å². The second-order valence-electron chi connectivity index (χ2n) is 5.09. The molecule has 23 heavy (non-hydrogen) atoms. The molecule has 0 aliphatic rings. The Balaban J connectivity index is 0.00000264. The zero-order chi connectivity index (χ0) is 15.9. The summed E-state index contributed by atoms with van der Waals surface area (Å²) in [5, 5.41) is 5.46. The van der Waals surface area contributed by atoms with Gasteiger partial charge in [0.15, 0.2) is 11.5 Å².